The molecule has 0 atom stereocenters. The predicted octanol–water partition coefficient (Wildman–Crippen LogP) is 5.17. The van der Waals surface area contributed by atoms with Crippen LogP contribution < -0.4 is 4.74 Å². The van der Waals surface area contributed by atoms with Gasteiger partial charge in [0.25, 0.3) is 0 Å². The van der Waals surface area contributed by atoms with E-state index in [9.17, 15) is 14.7 Å². The number of aromatic carboxylic acids is 2. The number of benzene rings is 3. The normalized spacial score (nSPS) is 10.8. The Kier molecular flexibility index (Phi) is 5.45. The summed E-state index contributed by atoms with van der Waals surface area (Å²) in [6.07, 6.45) is 0. The lowest BCUT2D eigenvalue weighted by atomic mass is 10.0. The van der Waals surface area contributed by atoms with Gasteiger partial charge in [0.05, 0.1) is 23.9 Å². The second-order valence-electron chi connectivity index (χ2n) is 5.79. The maximum Gasteiger partial charge on any atom is 0.335 e. The molecule has 0 aromatic heterocycles. The van der Waals surface area contributed by atoms with Gasteiger partial charge in [-0.3, -0.25) is 0 Å². The highest BCUT2D eigenvalue weighted by Gasteiger charge is 2.11. The zero-order chi connectivity index (χ0) is 20.1. The third kappa shape index (κ3) is 4.04. The second kappa shape index (κ2) is 8.13. The van der Waals surface area contributed by atoms with Gasteiger partial charge < -0.3 is 14.9 Å². The van der Waals surface area contributed by atoms with Crippen molar-refractivity contribution >= 4 is 23.3 Å². The Morgan fingerprint density at radius 2 is 1.39 bits per heavy atom. The number of methoxy groups -OCH3 is 1. The van der Waals surface area contributed by atoms with Gasteiger partial charge in [-0.1, -0.05) is 30.3 Å². The van der Waals surface area contributed by atoms with Crippen LogP contribution in [0.25, 0.3) is 11.1 Å². The average Bonchev–Trinajstić information content (AvgIpc) is 2.72. The summed E-state index contributed by atoms with van der Waals surface area (Å²) in [4.78, 5) is 22.4. The first kappa shape index (κ1) is 18.8. The summed E-state index contributed by atoms with van der Waals surface area (Å²) in [5.41, 5.74) is 2.38. The summed E-state index contributed by atoms with van der Waals surface area (Å²) in [6.45, 7) is 0. The fourth-order valence-electron chi connectivity index (χ4n) is 2.60. The van der Waals surface area contributed by atoms with Crippen LogP contribution >= 0.6 is 0 Å². The zero-order valence-electron chi connectivity index (χ0n) is 14.9. The first-order chi connectivity index (χ1) is 13.5. The Bertz CT molecular complexity index is 1060. The molecule has 0 fully saturated rings. The molecule has 0 radical (unpaired) electrons. The van der Waals surface area contributed by atoms with Gasteiger partial charge in [-0.2, -0.15) is 0 Å². The summed E-state index contributed by atoms with van der Waals surface area (Å²) in [5, 5.41) is 26.7. The van der Waals surface area contributed by atoms with Crippen LogP contribution in [0, 0.1) is 0 Å². The quantitative estimate of drug-likeness (QED) is 0.577. The minimum absolute atomic E-state index is 0.0693. The van der Waals surface area contributed by atoms with E-state index in [0.717, 1.165) is 0 Å². The largest absolute Gasteiger partial charge is 0.494 e. The molecule has 0 spiro atoms. The number of carbonyl (C=O) groups is 2. The van der Waals surface area contributed by atoms with E-state index in [2.05, 4.69) is 10.2 Å². The smallest absolute Gasteiger partial charge is 0.335 e. The SMILES string of the molecule is COc1ccccc1N=Nc1cc(C(=O)O)ccc1-c1ccc(C(=O)O)cc1. The fraction of sp³-hybridized carbons (Fsp3) is 0.0476. The molecule has 0 aliphatic carbocycles. The van der Waals surface area contributed by atoms with E-state index in [1.54, 1.807) is 42.5 Å². The Labute approximate surface area is 160 Å². The molecule has 2 N–H and O–H groups in total. The van der Waals surface area contributed by atoms with Crippen molar-refractivity contribution in [2.45, 2.75) is 0 Å². The number of carboxylic acid groups (broad SMARTS) is 2. The molecule has 0 bridgehead atoms. The Balaban J connectivity index is 2.07. The van der Waals surface area contributed by atoms with Gasteiger partial charge in [0, 0.05) is 5.56 Å². The lowest BCUT2D eigenvalue weighted by Gasteiger charge is -2.08. The van der Waals surface area contributed by atoms with Gasteiger partial charge in [0.1, 0.15) is 11.4 Å². The highest BCUT2D eigenvalue weighted by Crippen LogP contribution is 2.34. The molecule has 3 rings (SSSR count). The van der Waals surface area contributed by atoms with Gasteiger partial charge in [0.15, 0.2) is 0 Å². The van der Waals surface area contributed by atoms with E-state index in [4.69, 9.17) is 9.84 Å². The van der Waals surface area contributed by atoms with E-state index >= 15 is 0 Å². The van der Waals surface area contributed by atoms with E-state index in [0.29, 0.717) is 28.3 Å². The molecule has 0 aliphatic rings. The van der Waals surface area contributed by atoms with Crippen LogP contribution in [0.4, 0.5) is 11.4 Å². The molecule has 0 saturated heterocycles. The molecular weight excluding hydrogens is 360 g/mol. The first-order valence-corrected chi connectivity index (χ1v) is 8.25. The van der Waals surface area contributed by atoms with Crippen LogP contribution in [0.3, 0.4) is 0 Å². The third-order valence-corrected chi connectivity index (χ3v) is 4.04. The molecule has 0 unspecified atom stereocenters. The number of para-hydroxylation sites is 1. The number of azo groups is 1. The van der Waals surface area contributed by atoms with Crippen molar-refractivity contribution < 1.29 is 24.5 Å². The van der Waals surface area contributed by atoms with Gasteiger partial charge in [0.2, 0.25) is 0 Å². The molecule has 0 heterocycles. The maximum atomic E-state index is 11.3. The van der Waals surface area contributed by atoms with Gasteiger partial charge >= 0.3 is 11.9 Å². The number of hydrogen-bond acceptors (Lipinski definition) is 5. The molecule has 0 aliphatic heterocycles. The van der Waals surface area contributed by atoms with Crippen molar-refractivity contribution in [1.29, 1.82) is 0 Å². The third-order valence-electron chi connectivity index (χ3n) is 4.04. The Morgan fingerprint density at radius 3 is 2.04 bits per heavy atom. The maximum absolute atomic E-state index is 11.3. The highest BCUT2D eigenvalue weighted by molar-refractivity contribution is 5.92. The van der Waals surface area contributed by atoms with E-state index in [1.165, 1.54) is 31.4 Å². The Hall–Kier alpha value is -4.00. The van der Waals surface area contributed by atoms with Crippen LogP contribution in [0.1, 0.15) is 20.7 Å². The van der Waals surface area contributed by atoms with Gasteiger partial charge in [-0.15, -0.1) is 10.2 Å². The molecule has 140 valence electrons. The molecule has 7 nitrogen and oxygen atoms in total. The van der Waals surface area contributed by atoms with Crippen molar-refractivity contribution in [2.24, 2.45) is 10.2 Å². The topological polar surface area (TPSA) is 109 Å². The number of ether oxygens (including phenoxy) is 1. The second-order valence-corrected chi connectivity index (χ2v) is 5.79. The molecular formula is C21H16N2O5. The number of hydrogen-bond donors (Lipinski definition) is 2. The first-order valence-electron chi connectivity index (χ1n) is 8.25. The summed E-state index contributed by atoms with van der Waals surface area (Å²) in [6, 6.07) is 17.8. The summed E-state index contributed by atoms with van der Waals surface area (Å²) in [5.74, 6) is -1.57. The van der Waals surface area contributed by atoms with E-state index in [1.807, 2.05) is 0 Å². The van der Waals surface area contributed by atoms with Crippen molar-refractivity contribution in [3.63, 3.8) is 0 Å². The van der Waals surface area contributed by atoms with Crippen LogP contribution in [0.2, 0.25) is 0 Å². The van der Waals surface area contributed by atoms with Gasteiger partial charge in [-0.25, -0.2) is 9.59 Å². The van der Waals surface area contributed by atoms with E-state index in [-0.39, 0.29) is 11.1 Å². The van der Waals surface area contributed by atoms with Crippen molar-refractivity contribution in [3.8, 4) is 16.9 Å². The predicted molar refractivity (Wildman–Crippen MR) is 103 cm³/mol. The standard InChI is InChI=1S/C21H16N2O5/c1-28-19-5-3-2-4-17(19)22-23-18-12-15(21(26)27)10-11-16(18)13-6-8-14(9-7-13)20(24)25/h2-12H,1H3,(H,24,25)(H,26,27). The fourth-order valence-corrected chi connectivity index (χ4v) is 2.60. The highest BCUT2D eigenvalue weighted by atomic mass is 16.5. The van der Waals surface area contributed by atoms with Crippen molar-refractivity contribution in [1.82, 2.24) is 0 Å². The number of rotatable bonds is 6. The van der Waals surface area contributed by atoms with Crippen molar-refractivity contribution in [2.75, 3.05) is 7.11 Å². The van der Waals surface area contributed by atoms with Crippen molar-refractivity contribution in [3.05, 3.63) is 77.9 Å². The lowest BCUT2D eigenvalue weighted by molar-refractivity contribution is 0.0686. The molecule has 7 heteroatoms. The van der Waals surface area contributed by atoms with Crippen LogP contribution in [-0.4, -0.2) is 29.3 Å². The van der Waals surface area contributed by atoms with Gasteiger partial charge in [-0.05, 0) is 42.0 Å². The summed E-state index contributed by atoms with van der Waals surface area (Å²) >= 11 is 0. The Morgan fingerprint density at radius 1 is 0.786 bits per heavy atom. The lowest BCUT2D eigenvalue weighted by Crippen LogP contribution is -1.96. The minimum Gasteiger partial charge on any atom is -0.494 e. The molecule has 0 amide bonds. The van der Waals surface area contributed by atoms with Crippen LogP contribution in [0.15, 0.2) is 77.0 Å². The number of carboxylic acids is 2. The molecule has 28 heavy (non-hydrogen) atoms. The van der Waals surface area contributed by atoms with Crippen LogP contribution in [-0.2, 0) is 0 Å². The van der Waals surface area contributed by atoms with Crippen LogP contribution in [0.5, 0.6) is 5.75 Å². The summed E-state index contributed by atoms with van der Waals surface area (Å²) in [7, 11) is 1.52. The number of nitrogens with zero attached hydrogens (tertiary/aromatic N) is 2. The molecule has 0 saturated carbocycles. The molecule has 3 aromatic carbocycles. The average molecular weight is 376 g/mol. The molecule has 3 aromatic rings. The minimum atomic E-state index is -1.08. The summed E-state index contributed by atoms with van der Waals surface area (Å²) < 4.78 is 5.24. The zero-order valence-corrected chi connectivity index (χ0v) is 14.9. The van der Waals surface area contributed by atoms with E-state index < -0.39 is 11.9 Å². The monoisotopic (exact) mass is 376 g/mol.